The van der Waals surface area contributed by atoms with Crippen LogP contribution >= 0.6 is 11.8 Å². The van der Waals surface area contributed by atoms with Crippen molar-refractivity contribution >= 4 is 51.7 Å². The molecule has 0 radical (unpaired) electrons. The normalized spacial score (nSPS) is 18.2. The summed E-state index contributed by atoms with van der Waals surface area (Å²) in [6.07, 6.45) is 2.26. The van der Waals surface area contributed by atoms with Gasteiger partial charge in [0.25, 0.3) is 0 Å². The van der Waals surface area contributed by atoms with Gasteiger partial charge in [-0.15, -0.1) is 11.8 Å². The van der Waals surface area contributed by atoms with Crippen molar-refractivity contribution in [3.63, 3.8) is 0 Å². The zero-order chi connectivity index (χ0) is 27.2. The molecule has 194 valence electrons. The van der Waals surface area contributed by atoms with Crippen LogP contribution in [-0.4, -0.2) is 11.0 Å². The Morgan fingerprint density at radius 2 is 1.52 bits per heavy atom. The highest BCUT2D eigenvalue weighted by Crippen LogP contribution is 2.52. The van der Waals surface area contributed by atoms with Gasteiger partial charge in [0.1, 0.15) is 11.3 Å². The van der Waals surface area contributed by atoms with E-state index in [2.05, 4.69) is 67.3 Å². The number of ketones is 1. The lowest BCUT2D eigenvalue weighted by Crippen LogP contribution is -2.30. The summed E-state index contributed by atoms with van der Waals surface area (Å²) in [7, 11) is 0. The fourth-order valence-electron chi connectivity index (χ4n) is 6.55. The molecule has 1 unspecified atom stereocenters. The Morgan fingerprint density at radius 3 is 2.27 bits per heavy atom. The Labute approximate surface area is 236 Å². The molecule has 8 rings (SSSR count). The summed E-state index contributed by atoms with van der Waals surface area (Å²) in [5, 5.41) is 0.460. The second-order valence-corrected chi connectivity index (χ2v) is 12.4. The Balaban J connectivity index is 1.29. The third-order valence-corrected chi connectivity index (χ3v) is 9.90. The third-order valence-electron chi connectivity index (χ3n) is 8.58. The molecule has 0 saturated heterocycles. The van der Waals surface area contributed by atoms with Gasteiger partial charge in [0.05, 0.1) is 16.8 Å². The van der Waals surface area contributed by atoms with Crippen molar-refractivity contribution in [2.75, 3.05) is 4.90 Å². The van der Waals surface area contributed by atoms with Crippen molar-refractivity contribution < 1.29 is 9.21 Å². The van der Waals surface area contributed by atoms with Crippen LogP contribution in [0.25, 0.3) is 17.0 Å². The standard InChI is InChI=1S/C35H25NO3S/c1-35(2)25-10-4-6-12-27(25)36(28-13-7-5-11-26(28)35)20-15-16-29-22(17-20)34(38)23-19-32-24(18-30(23)39-29)33(37)21-9-3-8-14-31(21)40-32/h3-18,32H,19H2,1-2H3. The number of anilines is 3. The first kappa shape index (κ1) is 23.5. The van der Waals surface area contributed by atoms with Gasteiger partial charge in [-0.1, -0.05) is 62.4 Å². The SMILES string of the molecule is CC1(C)c2ccccc2N(c2ccc3oc4c(c(=O)c3c2)CC2Sc3ccccc3C(=O)C2=C4)c2ccccc21. The number of carbonyl (C=O) groups excluding carboxylic acids is 1. The number of hydrogen-bond donors (Lipinski definition) is 0. The Kier molecular flexibility index (Phi) is 4.90. The molecule has 0 bridgehead atoms. The second-order valence-electron chi connectivity index (χ2n) is 11.2. The van der Waals surface area contributed by atoms with Crippen LogP contribution in [0.1, 0.15) is 46.7 Å². The van der Waals surface area contributed by atoms with Gasteiger partial charge in [-0.3, -0.25) is 9.59 Å². The molecule has 1 aliphatic carbocycles. The fraction of sp³-hybridized carbons (Fsp3) is 0.143. The van der Waals surface area contributed by atoms with Gasteiger partial charge < -0.3 is 9.32 Å². The van der Waals surface area contributed by atoms with E-state index in [0.29, 0.717) is 34.3 Å². The van der Waals surface area contributed by atoms with Crippen LogP contribution < -0.4 is 10.3 Å². The zero-order valence-corrected chi connectivity index (χ0v) is 22.9. The predicted molar refractivity (Wildman–Crippen MR) is 161 cm³/mol. The zero-order valence-electron chi connectivity index (χ0n) is 22.1. The fourth-order valence-corrected chi connectivity index (χ4v) is 7.85. The van der Waals surface area contributed by atoms with Crippen molar-refractivity contribution in [2.45, 2.75) is 35.8 Å². The van der Waals surface area contributed by atoms with E-state index in [4.69, 9.17) is 4.42 Å². The Bertz CT molecular complexity index is 1950. The van der Waals surface area contributed by atoms with Crippen molar-refractivity contribution in [1.29, 1.82) is 0 Å². The molecule has 4 nitrogen and oxygen atoms in total. The van der Waals surface area contributed by atoms with Crippen LogP contribution in [0.15, 0.2) is 111 Å². The van der Waals surface area contributed by atoms with Crippen LogP contribution in [0.2, 0.25) is 0 Å². The Hall–Kier alpha value is -4.35. The highest BCUT2D eigenvalue weighted by atomic mass is 32.2. The van der Waals surface area contributed by atoms with E-state index in [1.54, 1.807) is 17.8 Å². The van der Waals surface area contributed by atoms with Gasteiger partial charge in [0.2, 0.25) is 0 Å². The number of rotatable bonds is 1. The predicted octanol–water partition coefficient (Wildman–Crippen LogP) is 8.20. The second kappa shape index (κ2) is 8.33. The van der Waals surface area contributed by atoms with Gasteiger partial charge in [-0.05, 0) is 66.1 Å². The molecular weight excluding hydrogens is 514 g/mol. The van der Waals surface area contributed by atoms with Gasteiger partial charge >= 0.3 is 0 Å². The van der Waals surface area contributed by atoms with Gasteiger partial charge in [-0.25, -0.2) is 0 Å². The van der Waals surface area contributed by atoms with E-state index in [1.807, 2.05) is 42.5 Å². The highest BCUT2D eigenvalue weighted by molar-refractivity contribution is 8.00. The molecule has 5 heteroatoms. The maximum Gasteiger partial charge on any atom is 0.196 e. The largest absolute Gasteiger partial charge is 0.456 e. The first-order chi connectivity index (χ1) is 19.4. The lowest BCUT2D eigenvalue weighted by Gasteiger charge is -2.42. The average molecular weight is 540 g/mol. The van der Waals surface area contributed by atoms with Crippen molar-refractivity contribution in [3.05, 3.63) is 135 Å². The van der Waals surface area contributed by atoms with Crippen LogP contribution in [-0.2, 0) is 11.8 Å². The van der Waals surface area contributed by atoms with Crippen LogP contribution in [0.3, 0.4) is 0 Å². The molecule has 3 heterocycles. The number of fused-ring (bicyclic) bond motifs is 6. The van der Waals surface area contributed by atoms with Crippen LogP contribution in [0.5, 0.6) is 0 Å². The maximum absolute atomic E-state index is 14.0. The monoisotopic (exact) mass is 539 g/mol. The minimum absolute atomic E-state index is 0.0217. The van der Waals surface area contributed by atoms with Gasteiger partial charge in [-0.2, -0.15) is 0 Å². The van der Waals surface area contributed by atoms with E-state index < -0.39 is 0 Å². The van der Waals surface area contributed by atoms with E-state index in [0.717, 1.165) is 27.5 Å². The van der Waals surface area contributed by atoms with Crippen LogP contribution in [0, 0.1) is 0 Å². The number of para-hydroxylation sites is 2. The van der Waals surface area contributed by atoms with E-state index in [9.17, 15) is 9.59 Å². The first-order valence-corrected chi connectivity index (χ1v) is 14.4. The summed E-state index contributed by atoms with van der Waals surface area (Å²) < 4.78 is 6.31. The molecule has 0 amide bonds. The third kappa shape index (κ3) is 3.21. The molecule has 2 aliphatic heterocycles. The molecule has 0 N–H and O–H groups in total. The van der Waals surface area contributed by atoms with Crippen molar-refractivity contribution in [2.24, 2.45) is 0 Å². The van der Waals surface area contributed by atoms with Crippen LogP contribution in [0.4, 0.5) is 17.1 Å². The molecular formula is C35H25NO3S. The summed E-state index contributed by atoms with van der Waals surface area (Å²) >= 11 is 1.65. The molecule has 4 aromatic carbocycles. The summed E-state index contributed by atoms with van der Waals surface area (Å²) in [6.45, 7) is 4.52. The lowest BCUT2D eigenvalue weighted by atomic mass is 9.73. The molecule has 40 heavy (non-hydrogen) atoms. The summed E-state index contributed by atoms with van der Waals surface area (Å²) in [5.41, 5.74) is 8.01. The maximum atomic E-state index is 14.0. The average Bonchev–Trinajstić information content (AvgIpc) is 2.97. The lowest BCUT2D eigenvalue weighted by molar-refractivity contribution is 0.102. The number of Topliss-reactive ketones (excluding diaryl/α,β-unsaturated/α-hetero) is 1. The molecule has 3 aliphatic rings. The first-order valence-electron chi connectivity index (χ1n) is 13.5. The smallest absolute Gasteiger partial charge is 0.196 e. The van der Waals surface area contributed by atoms with E-state index >= 15 is 0 Å². The van der Waals surface area contributed by atoms with Gasteiger partial charge in [0, 0.05) is 37.9 Å². The van der Waals surface area contributed by atoms with E-state index in [-0.39, 0.29) is 21.9 Å². The number of nitrogens with zero attached hydrogens (tertiary/aromatic N) is 1. The molecule has 1 aromatic heterocycles. The summed E-state index contributed by atoms with van der Waals surface area (Å²) in [5.74, 6) is 0.522. The summed E-state index contributed by atoms with van der Waals surface area (Å²) in [4.78, 5) is 30.5. The molecule has 0 saturated carbocycles. The summed E-state index contributed by atoms with van der Waals surface area (Å²) in [6, 6.07) is 30.5. The molecule has 1 atom stereocenters. The minimum Gasteiger partial charge on any atom is -0.456 e. The van der Waals surface area contributed by atoms with Gasteiger partial charge in [0.15, 0.2) is 11.2 Å². The van der Waals surface area contributed by atoms with E-state index in [1.165, 1.54) is 11.1 Å². The Morgan fingerprint density at radius 1 is 0.850 bits per heavy atom. The molecule has 5 aromatic rings. The molecule has 0 fully saturated rings. The highest BCUT2D eigenvalue weighted by Gasteiger charge is 2.38. The number of carbonyl (C=O) groups is 1. The molecule has 0 spiro atoms. The van der Waals surface area contributed by atoms with Crippen molar-refractivity contribution in [3.8, 4) is 0 Å². The number of thioether (sulfide) groups is 1. The minimum atomic E-state index is -0.156. The quantitative estimate of drug-likeness (QED) is 0.215. The number of hydrogen-bond acceptors (Lipinski definition) is 5. The van der Waals surface area contributed by atoms with Crippen molar-refractivity contribution in [1.82, 2.24) is 0 Å². The topological polar surface area (TPSA) is 50.5 Å². The number of benzene rings is 4.